The Kier molecular flexibility index (Phi) is 9.86. The minimum Gasteiger partial charge on any atom is -0.481 e. The largest absolute Gasteiger partial charge is 0.481 e. The molecule has 1 spiro atoms. The van der Waals surface area contributed by atoms with E-state index < -0.39 is 17.9 Å². The third-order valence-corrected chi connectivity index (χ3v) is 5.92. The maximum atomic E-state index is 10.6. The number of unbranched alkanes of at least 4 members (excludes halogenated alkanes) is 3. The molecule has 1 aliphatic heterocycles. The Hall–Kier alpha value is -1.68. The number of aliphatic hydroxyl groups excluding tert-OH is 1. The van der Waals surface area contributed by atoms with Gasteiger partial charge in [-0.1, -0.05) is 50.5 Å². The summed E-state index contributed by atoms with van der Waals surface area (Å²) in [5.41, 5.74) is 0. The molecule has 162 valence electrons. The molecule has 29 heavy (non-hydrogen) atoms. The van der Waals surface area contributed by atoms with Crippen LogP contribution in [-0.2, 0) is 14.3 Å². The van der Waals surface area contributed by atoms with Gasteiger partial charge in [-0.2, -0.15) is 5.26 Å². The first-order chi connectivity index (χ1) is 14.0. The van der Waals surface area contributed by atoms with Crippen molar-refractivity contribution in [3.63, 3.8) is 0 Å². The van der Waals surface area contributed by atoms with E-state index in [9.17, 15) is 15.2 Å². The number of nitriles is 1. The van der Waals surface area contributed by atoms with Crippen LogP contribution in [-0.4, -0.2) is 41.3 Å². The van der Waals surface area contributed by atoms with Gasteiger partial charge in [-0.3, -0.25) is 4.79 Å². The highest BCUT2D eigenvalue weighted by atomic mass is 16.7. The van der Waals surface area contributed by atoms with Gasteiger partial charge in [-0.15, -0.1) is 0 Å². The summed E-state index contributed by atoms with van der Waals surface area (Å²) in [4.78, 5) is 10.6. The predicted octanol–water partition coefficient (Wildman–Crippen LogP) is 4.20. The summed E-state index contributed by atoms with van der Waals surface area (Å²) in [6, 6.07) is 2.41. The average molecular weight is 406 g/mol. The van der Waals surface area contributed by atoms with E-state index in [-0.39, 0.29) is 24.2 Å². The molecule has 1 saturated carbocycles. The molecule has 0 aromatic heterocycles. The third kappa shape index (κ3) is 6.95. The van der Waals surface area contributed by atoms with Crippen molar-refractivity contribution in [3.8, 4) is 6.07 Å². The van der Waals surface area contributed by atoms with E-state index in [2.05, 4.69) is 19.1 Å². The third-order valence-electron chi connectivity index (χ3n) is 5.92. The van der Waals surface area contributed by atoms with Gasteiger partial charge in [0.25, 0.3) is 0 Å². The SMILES string of the molecule is CCCCCC(O)/C=C/C1C(C/C=C/CCCC(=O)O)C2(C[C@@H]1C#N)OCCO2. The summed E-state index contributed by atoms with van der Waals surface area (Å²) in [6.45, 7) is 3.21. The molecule has 1 heterocycles. The molecule has 0 aromatic carbocycles. The number of rotatable bonds is 12. The van der Waals surface area contributed by atoms with Gasteiger partial charge in [0.1, 0.15) is 0 Å². The van der Waals surface area contributed by atoms with Crippen LogP contribution in [0.5, 0.6) is 0 Å². The van der Waals surface area contributed by atoms with Crippen molar-refractivity contribution in [2.24, 2.45) is 17.8 Å². The summed E-state index contributed by atoms with van der Waals surface area (Å²) in [7, 11) is 0. The first-order valence-electron chi connectivity index (χ1n) is 10.9. The molecular formula is C23H35NO5. The normalized spacial score (nSPS) is 27.1. The van der Waals surface area contributed by atoms with Crippen molar-refractivity contribution in [2.45, 2.75) is 76.6 Å². The van der Waals surface area contributed by atoms with Crippen molar-refractivity contribution in [1.29, 1.82) is 5.26 Å². The lowest BCUT2D eigenvalue weighted by atomic mass is 9.85. The molecule has 2 fully saturated rings. The molecule has 6 nitrogen and oxygen atoms in total. The van der Waals surface area contributed by atoms with Crippen LogP contribution in [0.1, 0.15) is 64.7 Å². The van der Waals surface area contributed by atoms with E-state index in [4.69, 9.17) is 14.6 Å². The lowest BCUT2D eigenvalue weighted by molar-refractivity contribution is -0.184. The molecule has 0 bridgehead atoms. The van der Waals surface area contributed by atoms with E-state index in [1.165, 1.54) is 0 Å². The topological polar surface area (TPSA) is 99.8 Å². The number of carboxylic acid groups (broad SMARTS) is 1. The van der Waals surface area contributed by atoms with Crippen LogP contribution in [0.25, 0.3) is 0 Å². The van der Waals surface area contributed by atoms with E-state index in [0.29, 0.717) is 38.9 Å². The fourth-order valence-electron chi connectivity index (χ4n) is 4.39. The van der Waals surface area contributed by atoms with Crippen LogP contribution in [0.4, 0.5) is 0 Å². The monoisotopic (exact) mass is 405 g/mol. The quantitative estimate of drug-likeness (QED) is 0.373. The Balaban J connectivity index is 2.03. The van der Waals surface area contributed by atoms with Gasteiger partial charge in [0.05, 0.1) is 31.3 Å². The number of nitrogens with zero attached hydrogens (tertiary/aromatic N) is 1. The highest BCUT2D eigenvalue weighted by molar-refractivity contribution is 5.66. The molecule has 0 radical (unpaired) electrons. The molecular weight excluding hydrogens is 370 g/mol. The summed E-state index contributed by atoms with van der Waals surface area (Å²) in [5, 5.41) is 28.7. The van der Waals surface area contributed by atoms with Gasteiger partial charge in [0, 0.05) is 24.7 Å². The van der Waals surface area contributed by atoms with Crippen molar-refractivity contribution in [3.05, 3.63) is 24.3 Å². The maximum Gasteiger partial charge on any atom is 0.303 e. The van der Waals surface area contributed by atoms with Crippen LogP contribution in [0.2, 0.25) is 0 Å². The van der Waals surface area contributed by atoms with Gasteiger partial charge in [0.2, 0.25) is 0 Å². The molecule has 6 heteroatoms. The molecule has 2 rings (SSSR count). The number of aliphatic hydroxyl groups is 1. The second-order valence-electron chi connectivity index (χ2n) is 8.07. The smallest absolute Gasteiger partial charge is 0.303 e. The molecule has 2 aliphatic rings. The van der Waals surface area contributed by atoms with Crippen LogP contribution in [0.15, 0.2) is 24.3 Å². The van der Waals surface area contributed by atoms with Crippen molar-refractivity contribution in [2.75, 3.05) is 13.2 Å². The Bertz CT molecular complexity index is 603. The minimum atomic E-state index is -0.777. The summed E-state index contributed by atoms with van der Waals surface area (Å²) >= 11 is 0. The highest BCUT2D eigenvalue weighted by Crippen LogP contribution is 2.51. The fraction of sp³-hybridized carbons (Fsp3) is 0.739. The van der Waals surface area contributed by atoms with Gasteiger partial charge in [-0.05, 0) is 25.7 Å². The van der Waals surface area contributed by atoms with Crippen LogP contribution in [0.3, 0.4) is 0 Å². The minimum absolute atomic E-state index is 0.00413. The van der Waals surface area contributed by atoms with Crippen LogP contribution < -0.4 is 0 Å². The zero-order valence-corrected chi connectivity index (χ0v) is 17.5. The Morgan fingerprint density at radius 3 is 2.69 bits per heavy atom. The molecule has 2 N–H and O–H groups in total. The van der Waals surface area contributed by atoms with Crippen molar-refractivity contribution >= 4 is 5.97 Å². The number of hydrogen-bond acceptors (Lipinski definition) is 5. The van der Waals surface area contributed by atoms with E-state index in [1.807, 2.05) is 18.2 Å². The molecule has 4 atom stereocenters. The Labute approximate surface area is 174 Å². The molecule has 3 unspecified atom stereocenters. The zero-order valence-electron chi connectivity index (χ0n) is 17.5. The fourth-order valence-corrected chi connectivity index (χ4v) is 4.39. The van der Waals surface area contributed by atoms with Gasteiger partial charge >= 0.3 is 5.97 Å². The summed E-state index contributed by atoms with van der Waals surface area (Å²) < 4.78 is 12.0. The van der Waals surface area contributed by atoms with Crippen LogP contribution >= 0.6 is 0 Å². The second-order valence-corrected chi connectivity index (χ2v) is 8.07. The average Bonchev–Trinajstić information content (AvgIpc) is 3.28. The molecule has 1 saturated heterocycles. The van der Waals surface area contributed by atoms with Crippen molar-refractivity contribution < 1.29 is 24.5 Å². The number of ether oxygens (including phenoxy) is 2. The number of aliphatic carboxylic acids is 1. The first-order valence-corrected chi connectivity index (χ1v) is 10.9. The van der Waals surface area contributed by atoms with Gasteiger partial charge in [0.15, 0.2) is 5.79 Å². The molecule has 1 aliphatic carbocycles. The summed E-state index contributed by atoms with van der Waals surface area (Å²) in [6.07, 6.45) is 14.1. The zero-order chi connectivity index (χ0) is 21.1. The predicted molar refractivity (Wildman–Crippen MR) is 110 cm³/mol. The first kappa shape index (κ1) is 23.6. The van der Waals surface area contributed by atoms with Gasteiger partial charge < -0.3 is 19.7 Å². The number of carbonyl (C=O) groups is 1. The van der Waals surface area contributed by atoms with E-state index in [1.54, 1.807) is 0 Å². The number of allylic oxidation sites excluding steroid dienone is 3. The lowest BCUT2D eigenvalue weighted by Gasteiger charge is -2.30. The lowest BCUT2D eigenvalue weighted by Crippen LogP contribution is -2.36. The van der Waals surface area contributed by atoms with Crippen LogP contribution in [0, 0.1) is 29.1 Å². The Morgan fingerprint density at radius 1 is 1.28 bits per heavy atom. The maximum absolute atomic E-state index is 10.6. The highest BCUT2D eigenvalue weighted by Gasteiger charge is 2.56. The molecule has 0 amide bonds. The van der Waals surface area contributed by atoms with E-state index >= 15 is 0 Å². The number of hydrogen-bond donors (Lipinski definition) is 2. The van der Waals surface area contributed by atoms with Crippen molar-refractivity contribution in [1.82, 2.24) is 0 Å². The summed E-state index contributed by atoms with van der Waals surface area (Å²) in [5.74, 6) is -1.75. The second kappa shape index (κ2) is 12.1. The van der Waals surface area contributed by atoms with E-state index in [0.717, 1.165) is 25.7 Å². The van der Waals surface area contributed by atoms with Gasteiger partial charge in [-0.25, -0.2) is 0 Å². The molecule has 0 aromatic rings. The Morgan fingerprint density at radius 2 is 2.03 bits per heavy atom. The number of carboxylic acids is 1. The standard InChI is InChI=1S/C23H35NO5/c1-2-3-6-9-19(25)12-13-20-18(17-24)16-23(28-14-15-29-23)21(20)10-7-4-5-8-11-22(26)27/h4,7,12-13,18-21,25H,2-3,5-6,8-11,14-16H2,1H3,(H,26,27)/b7-4+,13-12+/t18-,19?,20?,21?/m1/s1.